The van der Waals surface area contributed by atoms with Crippen molar-refractivity contribution in [1.29, 1.82) is 0 Å². The molecule has 3 nitrogen and oxygen atoms in total. The first-order chi connectivity index (χ1) is 8.29. The Morgan fingerprint density at radius 1 is 1.44 bits per heavy atom. The number of carbonyl (C=O) groups is 1. The number of thioether (sulfide) groups is 1. The molecule has 0 aliphatic rings. The average molecular weight is 271 g/mol. The number of anilines is 1. The second-order valence-corrected chi connectivity index (χ2v) is 6.76. The number of rotatable bonds is 4. The van der Waals surface area contributed by atoms with Crippen molar-refractivity contribution in [1.82, 2.24) is 0 Å². The molecule has 0 saturated carbocycles. The second-order valence-electron chi connectivity index (χ2n) is 4.84. The highest BCUT2D eigenvalue weighted by Crippen LogP contribution is 2.22. The van der Waals surface area contributed by atoms with Crippen molar-refractivity contribution >= 4 is 23.4 Å². The molecule has 0 unspecified atom stereocenters. The third-order valence-electron chi connectivity index (χ3n) is 2.06. The number of benzene rings is 1. The van der Waals surface area contributed by atoms with Gasteiger partial charge in [0.05, 0.1) is 5.56 Å². The number of hydrogen-bond donors (Lipinski definition) is 1. The number of ether oxygens (including phenoxy) is 1. The van der Waals surface area contributed by atoms with Gasteiger partial charge in [0.25, 0.3) is 0 Å². The van der Waals surface area contributed by atoms with E-state index >= 15 is 0 Å². The summed E-state index contributed by atoms with van der Waals surface area (Å²) in [5.74, 6) is -0.605. The Hall–Kier alpha value is -1.23. The van der Waals surface area contributed by atoms with Crippen LogP contribution in [0.2, 0.25) is 0 Å². The van der Waals surface area contributed by atoms with Crippen molar-refractivity contribution in [2.75, 3.05) is 18.1 Å². The molecule has 0 aliphatic carbocycles. The van der Waals surface area contributed by atoms with Crippen LogP contribution in [0, 0.1) is 5.82 Å². The molecule has 1 rings (SSSR count). The molecule has 0 aliphatic heterocycles. The summed E-state index contributed by atoms with van der Waals surface area (Å²) in [5.41, 5.74) is 5.72. The van der Waals surface area contributed by atoms with Crippen molar-refractivity contribution in [2.45, 2.75) is 25.5 Å². The van der Waals surface area contributed by atoms with E-state index in [4.69, 9.17) is 10.5 Å². The first-order valence-corrected chi connectivity index (χ1v) is 6.64. The molecule has 0 bridgehead atoms. The number of carbonyl (C=O) groups excluding carboxylic acids is 1. The Morgan fingerprint density at radius 2 is 2.11 bits per heavy atom. The fraction of sp³-hybridized carbons (Fsp3) is 0.462. The number of hydrogen-bond acceptors (Lipinski definition) is 4. The first-order valence-electron chi connectivity index (χ1n) is 5.66. The molecule has 1 aromatic carbocycles. The third kappa shape index (κ3) is 4.96. The monoisotopic (exact) mass is 271 g/mol. The van der Waals surface area contributed by atoms with Crippen molar-refractivity contribution in [2.24, 2.45) is 0 Å². The van der Waals surface area contributed by atoms with Gasteiger partial charge in [0.15, 0.2) is 0 Å². The molecular weight excluding hydrogens is 253 g/mol. The molecule has 0 spiro atoms. The van der Waals surface area contributed by atoms with Crippen LogP contribution in [-0.4, -0.2) is 23.1 Å². The van der Waals surface area contributed by atoms with Gasteiger partial charge >= 0.3 is 5.97 Å². The maximum absolute atomic E-state index is 13.4. The van der Waals surface area contributed by atoms with Gasteiger partial charge in [-0.05, 0) is 18.2 Å². The normalized spacial score (nSPS) is 11.3. The summed E-state index contributed by atoms with van der Waals surface area (Å²) in [4.78, 5) is 11.6. The van der Waals surface area contributed by atoms with Gasteiger partial charge in [-0.2, -0.15) is 11.8 Å². The first kappa shape index (κ1) is 14.8. The molecule has 0 heterocycles. The minimum absolute atomic E-state index is 0.115. The van der Waals surface area contributed by atoms with Gasteiger partial charge in [0.1, 0.15) is 12.4 Å². The summed E-state index contributed by atoms with van der Waals surface area (Å²) in [6.07, 6.45) is 0. The lowest BCUT2D eigenvalue weighted by Gasteiger charge is -2.17. The van der Waals surface area contributed by atoms with Gasteiger partial charge < -0.3 is 10.5 Å². The molecule has 0 amide bonds. The summed E-state index contributed by atoms with van der Waals surface area (Å²) < 4.78 is 18.5. The molecule has 0 fully saturated rings. The van der Waals surface area contributed by atoms with Gasteiger partial charge in [0.2, 0.25) is 0 Å². The van der Waals surface area contributed by atoms with Crippen molar-refractivity contribution in [3.63, 3.8) is 0 Å². The second kappa shape index (κ2) is 6.09. The maximum atomic E-state index is 13.4. The van der Waals surface area contributed by atoms with Gasteiger partial charge in [-0.25, -0.2) is 9.18 Å². The summed E-state index contributed by atoms with van der Waals surface area (Å²) in [6.45, 7) is 6.50. The fourth-order valence-corrected chi connectivity index (χ4v) is 2.04. The van der Waals surface area contributed by atoms with Crippen LogP contribution < -0.4 is 5.73 Å². The van der Waals surface area contributed by atoms with Crippen LogP contribution in [0.4, 0.5) is 10.1 Å². The molecule has 2 N–H and O–H groups in total. The lowest BCUT2D eigenvalue weighted by molar-refractivity contribution is 0.0525. The van der Waals surface area contributed by atoms with E-state index in [2.05, 4.69) is 20.8 Å². The van der Waals surface area contributed by atoms with Crippen LogP contribution in [0.1, 0.15) is 31.1 Å². The van der Waals surface area contributed by atoms with Crippen molar-refractivity contribution in [3.05, 3.63) is 29.6 Å². The largest absolute Gasteiger partial charge is 0.461 e. The van der Waals surface area contributed by atoms with E-state index in [0.717, 1.165) is 6.07 Å². The highest BCUT2D eigenvalue weighted by molar-refractivity contribution is 8.00. The summed E-state index contributed by atoms with van der Waals surface area (Å²) in [7, 11) is 0. The molecule has 0 atom stereocenters. The van der Waals surface area contributed by atoms with Crippen LogP contribution in [0.15, 0.2) is 18.2 Å². The van der Waals surface area contributed by atoms with E-state index in [1.165, 1.54) is 12.1 Å². The highest BCUT2D eigenvalue weighted by Gasteiger charge is 2.14. The summed E-state index contributed by atoms with van der Waals surface area (Å²) >= 11 is 1.68. The third-order valence-corrected chi connectivity index (χ3v) is 3.30. The van der Waals surface area contributed by atoms with E-state index < -0.39 is 11.8 Å². The van der Waals surface area contributed by atoms with E-state index in [-0.39, 0.29) is 16.9 Å². The zero-order valence-electron chi connectivity index (χ0n) is 10.8. The Labute approximate surface area is 111 Å². The Morgan fingerprint density at radius 3 is 2.72 bits per heavy atom. The topological polar surface area (TPSA) is 52.3 Å². The van der Waals surface area contributed by atoms with Crippen LogP contribution in [0.25, 0.3) is 0 Å². The minimum Gasteiger partial charge on any atom is -0.461 e. The molecule has 0 saturated heterocycles. The molecular formula is C13H18FNO2S. The van der Waals surface area contributed by atoms with Gasteiger partial charge in [-0.1, -0.05) is 20.8 Å². The predicted octanol–water partition coefficient (Wildman–Crippen LogP) is 3.10. The Balaban J connectivity index is 2.48. The van der Waals surface area contributed by atoms with Crippen LogP contribution in [0.5, 0.6) is 0 Å². The van der Waals surface area contributed by atoms with Crippen LogP contribution in [0.3, 0.4) is 0 Å². The molecule has 18 heavy (non-hydrogen) atoms. The van der Waals surface area contributed by atoms with Crippen LogP contribution in [-0.2, 0) is 4.74 Å². The fourth-order valence-electron chi connectivity index (χ4n) is 1.26. The standard InChI is InChI=1S/C13H18FNO2S/c1-13(2,3)18-7-6-17-12(16)10-8-9(15)4-5-11(10)14/h4-5,8H,6-7,15H2,1-3H3. The van der Waals surface area contributed by atoms with Gasteiger partial charge in [-0.3, -0.25) is 0 Å². The average Bonchev–Trinajstić information content (AvgIpc) is 2.26. The molecule has 0 radical (unpaired) electrons. The predicted molar refractivity (Wildman–Crippen MR) is 73.3 cm³/mol. The highest BCUT2D eigenvalue weighted by atomic mass is 32.2. The zero-order chi connectivity index (χ0) is 13.8. The summed E-state index contributed by atoms with van der Waals surface area (Å²) in [6, 6.07) is 3.85. The maximum Gasteiger partial charge on any atom is 0.341 e. The number of halogens is 1. The molecule has 5 heteroatoms. The lowest BCUT2D eigenvalue weighted by Crippen LogP contribution is -2.14. The Kier molecular flexibility index (Phi) is 5.02. The summed E-state index contributed by atoms with van der Waals surface area (Å²) in [5, 5.41) is 0. The van der Waals surface area contributed by atoms with Crippen molar-refractivity contribution in [3.8, 4) is 0 Å². The molecule has 100 valence electrons. The van der Waals surface area contributed by atoms with Gasteiger partial charge in [-0.15, -0.1) is 0 Å². The quantitative estimate of drug-likeness (QED) is 0.519. The minimum atomic E-state index is -0.672. The van der Waals surface area contributed by atoms with Gasteiger partial charge in [0, 0.05) is 16.2 Å². The van der Waals surface area contributed by atoms with E-state index in [1.807, 2.05) is 0 Å². The molecule has 1 aromatic rings. The van der Waals surface area contributed by atoms with Crippen LogP contribution >= 0.6 is 11.8 Å². The number of esters is 1. The lowest BCUT2D eigenvalue weighted by atomic mass is 10.2. The van der Waals surface area contributed by atoms with E-state index in [9.17, 15) is 9.18 Å². The number of nitrogens with two attached hydrogens (primary N) is 1. The zero-order valence-corrected chi connectivity index (χ0v) is 11.6. The van der Waals surface area contributed by atoms with E-state index in [1.54, 1.807) is 11.8 Å². The molecule has 0 aromatic heterocycles. The smallest absolute Gasteiger partial charge is 0.341 e. The van der Waals surface area contributed by atoms with Crippen molar-refractivity contribution < 1.29 is 13.9 Å². The Bertz CT molecular complexity index is 429. The number of nitrogen functional groups attached to an aromatic ring is 1. The SMILES string of the molecule is CC(C)(C)SCCOC(=O)c1cc(N)ccc1F. The van der Waals surface area contributed by atoms with E-state index in [0.29, 0.717) is 11.4 Å².